The Labute approximate surface area is 186 Å². The Kier molecular flexibility index (Phi) is 5.96. The van der Waals surface area contributed by atoms with Crippen molar-refractivity contribution in [3.05, 3.63) is 47.3 Å². The second kappa shape index (κ2) is 8.70. The summed E-state index contributed by atoms with van der Waals surface area (Å²) in [5, 5.41) is 7.87. The van der Waals surface area contributed by atoms with Gasteiger partial charge in [0.2, 0.25) is 0 Å². The van der Waals surface area contributed by atoms with Crippen molar-refractivity contribution in [1.29, 1.82) is 0 Å². The van der Waals surface area contributed by atoms with E-state index in [1.807, 2.05) is 13.8 Å². The molecule has 6 nitrogen and oxygen atoms in total. The van der Waals surface area contributed by atoms with Gasteiger partial charge in [-0.3, -0.25) is 4.79 Å². The van der Waals surface area contributed by atoms with Crippen LogP contribution in [-0.2, 0) is 11.0 Å². The summed E-state index contributed by atoms with van der Waals surface area (Å²) in [6, 6.07) is 9.14. The maximum Gasteiger partial charge on any atom is 0.420 e. The van der Waals surface area contributed by atoms with Crippen LogP contribution in [0.15, 0.2) is 41.8 Å². The zero-order chi connectivity index (χ0) is 22.9. The van der Waals surface area contributed by atoms with Gasteiger partial charge in [-0.2, -0.15) is 13.2 Å². The molecule has 0 bridgehead atoms. The normalized spacial score (nSPS) is 13.4. The van der Waals surface area contributed by atoms with Crippen molar-refractivity contribution in [1.82, 2.24) is 4.98 Å². The standard InChI is InChI=1S/C22H20F3N3O3S/c1-12(2)9-30-18-6-4-14(8-15(18)22(23,24)25)26-21-28-17(11-32-21)13-3-5-19-16(7-13)27-20(29)10-31-19/h3-8,11-12H,9-10H2,1-2H3,(H,26,28)(H,27,29). The first-order valence-electron chi connectivity index (χ1n) is 9.82. The Hall–Kier alpha value is -3.27. The first kappa shape index (κ1) is 21.9. The van der Waals surface area contributed by atoms with E-state index in [0.29, 0.717) is 22.3 Å². The summed E-state index contributed by atoms with van der Waals surface area (Å²) >= 11 is 1.26. The zero-order valence-electron chi connectivity index (χ0n) is 17.2. The summed E-state index contributed by atoms with van der Waals surface area (Å²) in [7, 11) is 0. The van der Waals surface area contributed by atoms with Crippen LogP contribution in [0, 0.1) is 5.92 Å². The molecule has 2 aromatic carbocycles. The Morgan fingerprint density at radius 2 is 2.06 bits per heavy atom. The molecular formula is C22H20F3N3O3S. The Balaban J connectivity index is 1.54. The highest BCUT2D eigenvalue weighted by molar-refractivity contribution is 7.14. The minimum absolute atomic E-state index is 0.0294. The monoisotopic (exact) mass is 463 g/mol. The van der Waals surface area contributed by atoms with Crippen molar-refractivity contribution in [3.8, 4) is 22.8 Å². The lowest BCUT2D eigenvalue weighted by atomic mass is 10.1. The maximum absolute atomic E-state index is 13.5. The number of carbonyl (C=O) groups is 1. The number of benzene rings is 2. The molecule has 0 unspecified atom stereocenters. The number of hydrogen-bond acceptors (Lipinski definition) is 6. The van der Waals surface area contributed by atoms with Crippen molar-refractivity contribution < 1.29 is 27.4 Å². The molecule has 1 aliphatic rings. The highest BCUT2D eigenvalue weighted by Gasteiger charge is 2.35. The number of hydrogen-bond donors (Lipinski definition) is 2. The quantitative estimate of drug-likeness (QED) is 0.474. The van der Waals surface area contributed by atoms with Gasteiger partial charge in [0.25, 0.3) is 5.91 Å². The topological polar surface area (TPSA) is 72.5 Å². The SMILES string of the molecule is CC(C)COc1ccc(Nc2nc(-c3ccc4c(c3)NC(=O)CO4)cs2)cc1C(F)(F)F. The summed E-state index contributed by atoms with van der Waals surface area (Å²) < 4.78 is 51.3. The average molecular weight is 463 g/mol. The molecule has 2 N–H and O–H groups in total. The van der Waals surface area contributed by atoms with Gasteiger partial charge >= 0.3 is 6.18 Å². The van der Waals surface area contributed by atoms with E-state index in [1.165, 1.54) is 23.5 Å². The van der Waals surface area contributed by atoms with Gasteiger partial charge in [0.05, 0.1) is 23.6 Å². The first-order valence-corrected chi connectivity index (χ1v) is 10.7. The van der Waals surface area contributed by atoms with Crippen molar-refractivity contribution >= 4 is 33.8 Å². The van der Waals surface area contributed by atoms with E-state index in [1.54, 1.807) is 23.6 Å². The van der Waals surface area contributed by atoms with Gasteiger partial charge in [0.1, 0.15) is 11.5 Å². The van der Waals surface area contributed by atoms with Crippen molar-refractivity contribution in [2.75, 3.05) is 23.8 Å². The second-order valence-corrected chi connectivity index (χ2v) is 8.48. The molecule has 3 aromatic rings. The van der Waals surface area contributed by atoms with E-state index < -0.39 is 11.7 Å². The fourth-order valence-corrected chi connectivity index (χ4v) is 3.78. The molecule has 1 amide bonds. The number of ether oxygens (including phenoxy) is 2. The third kappa shape index (κ3) is 4.96. The van der Waals surface area contributed by atoms with E-state index in [-0.39, 0.29) is 36.5 Å². The summed E-state index contributed by atoms with van der Waals surface area (Å²) in [6.07, 6.45) is -4.55. The molecule has 10 heteroatoms. The molecule has 2 heterocycles. The zero-order valence-corrected chi connectivity index (χ0v) is 18.1. The average Bonchev–Trinajstić information content (AvgIpc) is 3.20. The number of amides is 1. The number of nitrogens with one attached hydrogen (secondary N) is 2. The smallest absolute Gasteiger partial charge is 0.420 e. The number of fused-ring (bicyclic) bond motifs is 1. The maximum atomic E-state index is 13.5. The van der Waals surface area contributed by atoms with Crippen molar-refractivity contribution in [3.63, 3.8) is 0 Å². The number of nitrogens with zero attached hydrogens (tertiary/aromatic N) is 1. The number of thiazole rings is 1. The van der Waals surface area contributed by atoms with Crippen LogP contribution in [0.1, 0.15) is 19.4 Å². The van der Waals surface area contributed by atoms with Gasteiger partial charge in [-0.05, 0) is 42.3 Å². The van der Waals surface area contributed by atoms with Crippen molar-refractivity contribution in [2.45, 2.75) is 20.0 Å². The Bertz CT molecular complexity index is 1140. The van der Waals surface area contributed by atoms with Gasteiger partial charge in [0.15, 0.2) is 11.7 Å². The van der Waals surface area contributed by atoms with E-state index in [4.69, 9.17) is 9.47 Å². The summed E-state index contributed by atoms with van der Waals surface area (Å²) in [4.78, 5) is 16.0. The lowest BCUT2D eigenvalue weighted by Crippen LogP contribution is -2.25. The van der Waals surface area contributed by atoms with Gasteiger partial charge in [-0.15, -0.1) is 11.3 Å². The van der Waals surface area contributed by atoms with Gasteiger partial charge in [0, 0.05) is 16.6 Å². The Morgan fingerprint density at radius 3 is 2.81 bits per heavy atom. The van der Waals surface area contributed by atoms with E-state index in [2.05, 4.69) is 15.6 Å². The molecule has 0 radical (unpaired) electrons. The first-order chi connectivity index (χ1) is 15.2. The van der Waals surface area contributed by atoms with Crippen LogP contribution in [0.5, 0.6) is 11.5 Å². The van der Waals surface area contributed by atoms with Crippen LogP contribution in [0.4, 0.5) is 29.7 Å². The van der Waals surface area contributed by atoms with Gasteiger partial charge < -0.3 is 20.1 Å². The highest BCUT2D eigenvalue weighted by Crippen LogP contribution is 2.39. The molecule has 0 aliphatic carbocycles. The van der Waals surface area contributed by atoms with Crippen LogP contribution < -0.4 is 20.1 Å². The third-order valence-corrected chi connectivity index (χ3v) is 5.28. The van der Waals surface area contributed by atoms with Crippen LogP contribution in [-0.4, -0.2) is 24.1 Å². The molecule has 1 aliphatic heterocycles. The van der Waals surface area contributed by atoms with E-state index in [0.717, 1.165) is 11.6 Å². The molecule has 0 saturated heterocycles. The largest absolute Gasteiger partial charge is 0.493 e. The van der Waals surface area contributed by atoms with E-state index in [9.17, 15) is 18.0 Å². The highest BCUT2D eigenvalue weighted by atomic mass is 32.1. The number of carbonyl (C=O) groups excluding carboxylic acids is 1. The van der Waals surface area contributed by atoms with Crippen LogP contribution in [0.2, 0.25) is 0 Å². The van der Waals surface area contributed by atoms with Gasteiger partial charge in [-0.1, -0.05) is 13.8 Å². The number of rotatable bonds is 6. The van der Waals surface area contributed by atoms with Crippen LogP contribution in [0.25, 0.3) is 11.3 Å². The molecule has 0 spiro atoms. The van der Waals surface area contributed by atoms with Crippen molar-refractivity contribution in [2.24, 2.45) is 5.92 Å². The number of halogens is 3. The van der Waals surface area contributed by atoms with Crippen LogP contribution in [0.3, 0.4) is 0 Å². The summed E-state index contributed by atoms with van der Waals surface area (Å²) in [6.45, 7) is 3.90. The fourth-order valence-electron chi connectivity index (χ4n) is 3.04. The predicted octanol–water partition coefficient (Wildman–Crippen LogP) is 5.94. The molecule has 0 saturated carbocycles. The molecule has 32 heavy (non-hydrogen) atoms. The molecular weight excluding hydrogens is 443 g/mol. The molecule has 168 valence electrons. The second-order valence-electron chi connectivity index (χ2n) is 7.62. The third-order valence-electron chi connectivity index (χ3n) is 4.52. The van der Waals surface area contributed by atoms with E-state index >= 15 is 0 Å². The van der Waals surface area contributed by atoms with Gasteiger partial charge in [-0.25, -0.2) is 4.98 Å². The fraction of sp³-hybridized carbons (Fsp3) is 0.273. The molecule has 4 rings (SSSR count). The summed E-state index contributed by atoms with van der Waals surface area (Å²) in [5.74, 6) is 0.235. The predicted molar refractivity (Wildman–Crippen MR) is 117 cm³/mol. The minimum atomic E-state index is -4.55. The minimum Gasteiger partial charge on any atom is -0.493 e. The van der Waals surface area contributed by atoms with Crippen LogP contribution >= 0.6 is 11.3 Å². The molecule has 0 atom stereocenters. The lowest BCUT2D eigenvalue weighted by molar-refractivity contribution is -0.139. The summed E-state index contributed by atoms with van der Waals surface area (Å²) in [5.41, 5.74) is 1.32. The number of alkyl halides is 3. The molecule has 0 fully saturated rings. The lowest BCUT2D eigenvalue weighted by Gasteiger charge is -2.18. The molecule has 1 aromatic heterocycles. The number of anilines is 3. The number of aromatic nitrogens is 1. The Morgan fingerprint density at radius 1 is 1.25 bits per heavy atom.